The van der Waals surface area contributed by atoms with Gasteiger partial charge >= 0.3 is 0 Å². The zero-order chi connectivity index (χ0) is 9.84. The molecule has 1 aromatic rings. The van der Waals surface area contributed by atoms with Crippen LogP contribution in [0, 0.1) is 5.92 Å². The summed E-state index contributed by atoms with van der Waals surface area (Å²) in [5.41, 5.74) is 5.15. The van der Waals surface area contributed by atoms with E-state index >= 15 is 0 Å². The zero-order valence-electron chi connectivity index (χ0n) is 7.77. The number of nitrogens with two attached hydrogens (primary N) is 1. The molecule has 0 saturated carbocycles. The number of carbonyl (C=O) groups excluding carboxylic acids is 1. The van der Waals surface area contributed by atoms with Gasteiger partial charge in [0, 0.05) is 0 Å². The van der Waals surface area contributed by atoms with E-state index in [1.165, 1.54) is 4.80 Å². The van der Waals surface area contributed by atoms with Crippen molar-refractivity contribution in [2.24, 2.45) is 11.7 Å². The number of ketones is 1. The Morgan fingerprint density at radius 2 is 2.31 bits per heavy atom. The van der Waals surface area contributed by atoms with E-state index in [1.54, 1.807) is 0 Å². The van der Waals surface area contributed by atoms with E-state index in [1.807, 2.05) is 13.8 Å². The molecule has 0 amide bonds. The summed E-state index contributed by atoms with van der Waals surface area (Å²) < 4.78 is 0. The van der Waals surface area contributed by atoms with Crippen LogP contribution in [0.25, 0.3) is 0 Å². The Kier molecular flexibility index (Phi) is 3.07. The van der Waals surface area contributed by atoms with Gasteiger partial charge in [-0.1, -0.05) is 13.8 Å². The number of Topliss-reactive ketones (excluding diaryl/α,β-unsaturated/α-hetero) is 1. The Balaban J connectivity index is 2.69. The third kappa shape index (κ3) is 2.59. The third-order valence-electron chi connectivity index (χ3n) is 1.42. The summed E-state index contributed by atoms with van der Waals surface area (Å²) in [6.45, 7) is 4.65. The Bertz CT molecular complexity index is 293. The Hall–Kier alpha value is -1.30. The van der Waals surface area contributed by atoms with Crippen LogP contribution in [0.1, 0.15) is 24.5 Å². The molecule has 0 spiro atoms. The molecule has 1 heterocycles. The molecule has 1 aromatic heterocycles. The van der Waals surface area contributed by atoms with Crippen LogP contribution in [-0.2, 0) is 6.54 Å². The lowest BCUT2D eigenvalue weighted by atomic mass is 10.2. The Labute approximate surface area is 76.1 Å². The van der Waals surface area contributed by atoms with Gasteiger partial charge in [-0.05, 0) is 11.1 Å². The summed E-state index contributed by atoms with van der Waals surface area (Å²) in [7, 11) is 0. The summed E-state index contributed by atoms with van der Waals surface area (Å²) in [6.07, 6.45) is 0. The fourth-order valence-electron chi connectivity index (χ4n) is 0.850. The average molecular weight is 183 g/mol. The first kappa shape index (κ1) is 9.79. The summed E-state index contributed by atoms with van der Waals surface area (Å²) in [5.74, 6) is 0.244. The summed E-state index contributed by atoms with van der Waals surface area (Å²) in [4.78, 5) is 12.4. The van der Waals surface area contributed by atoms with Crippen molar-refractivity contribution in [3.63, 3.8) is 0 Å². The second-order valence-corrected chi connectivity index (χ2v) is 3.19. The normalized spacial score (nSPS) is 10.8. The molecule has 0 atom stereocenters. The Morgan fingerprint density at radius 3 is 2.85 bits per heavy atom. The molecule has 0 bridgehead atoms. The van der Waals surface area contributed by atoms with E-state index in [4.69, 9.17) is 5.73 Å². The number of aromatic nitrogens is 4. The van der Waals surface area contributed by atoms with E-state index in [2.05, 4.69) is 15.4 Å². The van der Waals surface area contributed by atoms with E-state index in [9.17, 15) is 4.79 Å². The summed E-state index contributed by atoms with van der Waals surface area (Å²) >= 11 is 0. The van der Waals surface area contributed by atoms with Crippen molar-refractivity contribution < 1.29 is 4.79 Å². The lowest BCUT2D eigenvalue weighted by Gasteiger charge is -1.99. The molecule has 2 N–H and O–H groups in total. The molecule has 0 saturated heterocycles. The monoisotopic (exact) mass is 183 g/mol. The van der Waals surface area contributed by atoms with Crippen LogP contribution < -0.4 is 5.73 Å². The predicted octanol–water partition coefficient (Wildman–Crippen LogP) is -0.529. The van der Waals surface area contributed by atoms with Crippen LogP contribution in [0.4, 0.5) is 0 Å². The molecule has 0 aliphatic rings. The van der Waals surface area contributed by atoms with E-state index < -0.39 is 0 Å². The van der Waals surface area contributed by atoms with Crippen molar-refractivity contribution in [2.75, 3.05) is 6.54 Å². The molecule has 0 fully saturated rings. The first-order valence-electron chi connectivity index (χ1n) is 4.14. The lowest BCUT2D eigenvalue weighted by molar-refractivity contribution is 0.0991. The van der Waals surface area contributed by atoms with Crippen LogP contribution in [0.2, 0.25) is 0 Å². The first-order valence-corrected chi connectivity index (χ1v) is 4.14. The highest BCUT2D eigenvalue weighted by Gasteiger charge is 2.10. The minimum absolute atomic E-state index is 0.0760. The second-order valence-electron chi connectivity index (χ2n) is 3.19. The Morgan fingerprint density at radius 1 is 1.62 bits per heavy atom. The average Bonchev–Trinajstić information content (AvgIpc) is 2.50. The number of hydrogen-bond acceptors (Lipinski definition) is 5. The lowest BCUT2D eigenvalue weighted by Crippen LogP contribution is -2.16. The van der Waals surface area contributed by atoms with Gasteiger partial charge in [0.2, 0.25) is 11.6 Å². The molecule has 6 nitrogen and oxygen atoms in total. The second kappa shape index (κ2) is 4.08. The SMILES string of the molecule is CC(C)Cn1nnc(C(=O)CN)n1. The highest BCUT2D eigenvalue weighted by atomic mass is 16.1. The van der Waals surface area contributed by atoms with Crippen molar-refractivity contribution in [3.8, 4) is 0 Å². The van der Waals surface area contributed by atoms with Gasteiger partial charge in [-0.25, -0.2) is 0 Å². The summed E-state index contributed by atoms with van der Waals surface area (Å²) in [6, 6.07) is 0. The van der Waals surface area contributed by atoms with Gasteiger partial charge in [-0.2, -0.15) is 4.80 Å². The molecule has 1 rings (SSSR count). The number of carbonyl (C=O) groups is 1. The van der Waals surface area contributed by atoms with E-state index in [0.29, 0.717) is 12.5 Å². The number of rotatable bonds is 4. The smallest absolute Gasteiger partial charge is 0.241 e. The van der Waals surface area contributed by atoms with Gasteiger partial charge in [0.25, 0.3) is 0 Å². The fourth-order valence-corrected chi connectivity index (χ4v) is 0.850. The van der Waals surface area contributed by atoms with Gasteiger partial charge in [0.15, 0.2) is 0 Å². The van der Waals surface area contributed by atoms with Crippen molar-refractivity contribution in [2.45, 2.75) is 20.4 Å². The molecule has 0 aliphatic carbocycles. The maximum absolute atomic E-state index is 11.0. The predicted molar refractivity (Wildman–Crippen MR) is 46.0 cm³/mol. The molecule has 0 unspecified atom stereocenters. The van der Waals surface area contributed by atoms with Crippen molar-refractivity contribution in [3.05, 3.63) is 5.82 Å². The molecule has 0 radical (unpaired) electrons. The fraction of sp³-hybridized carbons (Fsp3) is 0.714. The van der Waals surface area contributed by atoms with Crippen LogP contribution in [-0.4, -0.2) is 32.5 Å². The van der Waals surface area contributed by atoms with Crippen LogP contribution in [0.5, 0.6) is 0 Å². The molecular weight excluding hydrogens is 170 g/mol. The summed E-state index contributed by atoms with van der Waals surface area (Å²) in [5, 5.41) is 11.2. The topological polar surface area (TPSA) is 86.7 Å². The highest BCUT2D eigenvalue weighted by Crippen LogP contribution is 1.95. The van der Waals surface area contributed by atoms with Crippen LogP contribution >= 0.6 is 0 Å². The maximum atomic E-state index is 11.0. The third-order valence-corrected chi connectivity index (χ3v) is 1.42. The zero-order valence-corrected chi connectivity index (χ0v) is 7.77. The highest BCUT2D eigenvalue weighted by molar-refractivity contribution is 5.93. The minimum Gasteiger partial charge on any atom is -0.324 e. The first-order chi connectivity index (χ1) is 6.13. The molecule has 13 heavy (non-hydrogen) atoms. The molecule has 0 aliphatic heterocycles. The van der Waals surface area contributed by atoms with Crippen molar-refractivity contribution in [1.82, 2.24) is 20.2 Å². The van der Waals surface area contributed by atoms with Gasteiger partial charge in [0.05, 0.1) is 13.1 Å². The van der Waals surface area contributed by atoms with Crippen LogP contribution in [0.3, 0.4) is 0 Å². The number of nitrogens with zero attached hydrogens (tertiary/aromatic N) is 4. The molecule has 72 valence electrons. The molecular formula is C7H13N5O. The minimum atomic E-state index is -0.282. The van der Waals surface area contributed by atoms with Crippen molar-refractivity contribution in [1.29, 1.82) is 0 Å². The van der Waals surface area contributed by atoms with Gasteiger partial charge in [-0.3, -0.25) is 4.79 Å². The van der Waals surface area contributed by atoms with E-state index in [0.717, 1.165) is 0 Å². The standard InChI is InChI=1S/C7H13N5O/c1-5(2)4-12-10-7(9-11-12)6(13)3-8/h5H,3-4,8H2,1-2H3. The number of tetrazole rings is 1. The quantitative estimate of drug-likeness (QED) is 0.634. The van der Waals surface area contributed by atoms with Crippen LogP contribution in [0.15, 0.2) is 0 Å². The van der Waals surface area contributed by atoms with Gasteiger partial charge in [0.1, 0.15) is 0 Å². The maximum Gasteiger partial charge on any atom is 0.241 e. The van der Waals surface area contributed by atoms with Gasteiger partial charge in [-0.15, -0.1) is 10.2 Å². The van der Waals surface area contributed by atoms with Gasteiger partial charge < -0.3 is 5.73 Å². The number of hydrogen-bond donors (Lipinski definition) is 1. The molecule has 6 heteroatoms. The van der Waals surface area contributed by atoms with Crippen molar-refractivity contribution >= 4 is 5.78 Å². The largest absolute Gasteiger partial charge is 0.324 e. The van der Waals surface area contributed by atoms with E-state index in [-0.39, 0.29) is 18.2 Å². The molecule has 0 aromatic carbocycles.